The number of hydrogen-bond donors (Lipinski definition) is 0. The van der Waals surface area contributed by atoms with Crippen LogP contribution in [0.4, 0.5) is 0 Å². The molecule has 1 aliphatic heterocycles. The standard InChI is InChI=1S/C21H23N5O/c1-24-12-18-7-4-3-6-16(18)10-20(24)13-25(2)21(27)17-8-5-9-19(11-17)26-14-22-23-15-26/h3-9,11,14-15,20H,10,12-13H2,1-2H3/t20-/m0/s1. The molecule has 0 unspecified atom stereocenters. The average Bonchev–Trinajstić information content (AvgIpc) is 3.23. The molecule has 1 atom stereocenters. The topological polar surface area (TPSA) is 54.3 Å². The molecule has 138 valence electrons. The maximum absolute atomic E-state index is 13.0. The Labute approximate surface area is 159 Å². The van der Waals surface area contributed by atoms with E-state index in [-0.39, 0.29) is 5.91 Å². The number of carbonyl (C=O) groups is 1. The fourth-order valence-corrected chi connectivity index (χ4v) is 3.68. The van der Waals surface area contributed by atoms with Crippen LogP contribution in [0.15, 0.2) is 61.2 Å². The summed E-state index contributed by atoms with van der Waals surface area (Å²) in [6.45, 7) is 1.62. The highest BCUT2D eigenvalue weighted by molar-refractivity contribution is 5.94. The molecule has 0 aliphatic carbocycles. The van der Waals surface area contributed by atoms with Crippen molar-refractivity contribution in [2.75, 3.05) is 20.6 Å². The molecule has 4 rings (SSSR count). The van der Waals surface area contributed by atoms with Crippen LogP contribution in [-0.4, -0.2) is 57.2 Å². The third-order valence-electron chi connectivity index (χ3n) is 5.26. The maximum Gasteiger partial charge on any atom is 0.253 e. The summed E-state index contributed by atoms with van der Waals surface area (Å²) in [4.78, 5) is 17.1. The lowest BCUT2D eigenvalue weighted by atomic mass is 9.94. The van der Waals surface area contributed by atoms with E-state index in [0.29, 0.717) is 18.2 Å². The molecule has 0 saturated carbocycles. The van der Waals surface area contributed by atoms with Crippen molar-refractivity contribution in [3.05, 3.63) is 77.9 Å². The van der Waals surface area contributed by atoms with Crippen molar-refractivity contribution in [2.45, 2.75) is 19.0 Å². The lowest BCUT2D eigenvalue weighted by molar-refractivity contribution is 0.0733. The van der Waals surface area contributed by atoms with Crippen molar-refractivity contribution in [2.24, 2.45) is 0 Å². The molecule has 0 spiro atoms. The molecule has 2 heterocycles. The number of aromatic nitrogens is 3. The van der Waals surface area contributed by atoms with Gasteiger partial charge in [-0.3, -0.25) is 14.3 Å². The van der Waals surface area contributed by atoms with Crippen LogP contribution in [0.1, 0.15) is 21.5 Å². The lowest BCUT2D eigenvalue weighted by Gasteiger charge is -2.36. The van der Waals surface area contributed by atoms with Gasteiger partial charge in [-0.25, -0.2) is 0 Å². The van der Waals surface area contributed by atoms with Crippen LogP contribution in [0.5, 0.6) is 0 Å². The van der Waals surface area contributed by atoms with E-state index in [9.17, 15) is 4.79 Å². The van der Waals surface area contributed by atoms with Crippen LogP contribution in [0, 0.1) is 0 Å². The fourth-order valence-electron chi connectivity index (χ4n) is 3.68. The van der Waals surface area contributed by atoms with Crippen molar-refractivity contribution in [3.63, 3.8) is 0 Å². The molecular formula is C21H23N5O. The second-order valence-electron chi connectivity index (χ2n) is 7.15. The summed E-state index contributed by atoms with van der Waals surface area (Å²) >= 11 is 0. The van der Waals surface area contributed by atoms with Crippen molar-refractivity contribution in [3.8, 4) is 5.69 Å². The van der Waals surface area contributed by atoms with Gasteiger partial charge in [-0.1, -0.05) is 30.3 Å². The first-order chi connectivity index (χ1) is 13.1. The van der Waals surface area contributed by atoms with Crippen LogP contribution in [0.25, 0.3) is 5.69 Å². The van der Waals surface area contributed by atoms with Gasteiger partial charge in [0.1, 0.15) is 12.7 Å². The fraction of sp³-hybridized carbons (Fsp3) is 0.286. The molecule has 27 heavy (non-hydrogen) atoms. The number of likely N-dealkylation sites (N-methyl/N-ethyl adjacent to an activating group) is 2. The van der Waals surface area contributed by atoms with E-state index in [2.05, 4.69) is 46.4 Å². The first-order valence-corrected chi connectivity index (χ1v) is 9.09. The predicted octanol–water partition coefficient (Wildman–Crippen LogP) is 2.40. The highest BCUT2D eigenvalue weighted by Crippen LogP contribution is 2.22. The first kappa shape index (κ1) is 17.4. The SMILES string of the molecule is CN(C[C@@H]1Cc2ccccc2CN1C)C(=O)c1cccc(-n2cnnc2)c1. The maximum atomic E-state index is 13.0. The van der Waals surface area contributed by atoms with E-state index in [0.717, 1.165) is 18.7 Å². The monoisotopic (exact) mass is 361 g/mol. The Morgan fingerprint density at radius 2 is 1.85 bits per heavy atom. The first-order valence-electron chi connectivity index (χ1n) is 9.09. The van der Waals surface area contributed by atoms with Gasteiger partial charge in [0.25, 0.3) is 5.91 Å². The normalized spacial score (nSPS) is 16.7. The van der Waals surface area contributed by atoms with Gasteiger partial charge in [0.2, 0.25) is 0 Å². The van der Waals surface area contributed by atoms with Crippen LogP contribution in [0.2, 0.25) is 0 Å². The van der Waals surface area contributed by atoms with E-state index in [4.69, 9.17) is 0 Å². The minimum Gasteiger partial charge on any atom is -0.340 e. The van der Waals surface area contributed by atoms with E-state index < -0.39 is 0 Å². The Hall–Kier alpha value is -2.99. The van der Waals surface area contributed by atoms with Gasteiger partial charge in [-0.05, 0) is 42.8 Å². The number of carbonyl (C=O) groups excluding carboxylic acids is 1. The highest BCUT2D eigenvalue weighted by atomic mass is 16.2. The second-order valence-corrected chi connectivity index (χ2v) is 7.15. The number of fused-ring (bicyclic) bond motifs is 1. The van der Waals surface area contributed by atoms with Crippen LogP contribution in [-0.2, 0) is 13.0 Å². The Kier molecular flexibility index (Phi) is 4.73. The van der Waals surface area contributed by atoms with E-state index in [1.165, 1.54) is 11.1 Å². The van der Waals surface area contributed by atoms with Gasteiger partial charge in [0.05, 0.1) is 0 Å². The summed E-state index contributed by atoms with van der Waals surface area (Å²) in [6, 6.07) is 16.4. The Morgan fingerprint density at radius 1 is 1.11 bits per heavy atom. The Balaban J connectivity index is 1.48. The molecule has 1 aromatic heterocycles. The molecule has 0 N–H and O–H groups in total. The zero-order chi connectivity index (χ0) is 18.8. The van der Waals surface area contributed by atoms with Crippen LogP contribution >= 0.6 is 0 Å². The van der Waals surface area contributed by atoms with Gasteiger partial charge in [0, 0.05) is 37.4 Å². The number of nitrogens with zero attached hydrogens (tertiary/aromatic N) is 5. The number of hydrogen-bond acceptors (Lipinski definition) is 4. The summed E-state index contributed by atoms with van der Waals surface area (Å²) in [6.07, 6.45) is 4.22. The third-order valence-corrected chi connectivity index (χ3v) is 5.26. The number of benzene rings is 2. The summed E-state index contributed by atoms with van der Waals surface area (Å²) in [7, 11) is 4.01. The largest absolute Gasteiger partial charge is 0.340 e. The Bertz CT molecular complexity index is 937. The molecule has 6 heteroatoms. The van der Waals surface area contributed by atoms with E-state index >= 15 is 0 Å². The van der Waals surface area contributed by atoms with Crippen molar-refractivity contribution in [1.82, 2.24) is 24.6 Å². The smallest absolute Gasteiger partial charge is 0.253 e. The quantitative estimate of drug-likeness (QED) is 0.716. The van der Waals surface area contributed by atoms with Crippen molar-refractivity contribution in [1.29, 1.82) is 0 Å². The molecule has 1 aliphatic rings. The molecule has 3 aromatic rings. The van der Waals surface area contributed by atoms with Gasteiger partial charge < -0.3 is 4.90 Å². The zero-order valence-corrected chi connectivity index (χ0v) is 15.6. The van der Waals surface area contributed by atoms with Gasteiger partial charge in [-0.2, -0.15) is 0 Å². The van der Waals surface area contributed by atoms with Gasteiger partial charge >= 0.3 is 0 Å². The van der Waals surface area contributed by atoms with E-state index in [1.54, 1.807) is 17.2 Å². The van der Waals surface area contributed by atoms with Crippen molar-refractivity contribution >= 4 is 5.91 Å². The molecule has 0 saturated heterocycles. The molecule has 0 fully saturated rings. The van der Waals surface area contributed by atoms with E-state index in [1.807, 2.05) is 36.2 Å². The minimum absolute atomic E-state index is 0.0252. The predicted molar refractivity (Wildman–Crippen MR) is 104 cm³/mol. The zero-order valence-electron chi connectivity index (χ0n) is 15.6. The molecule has 2 aromatic carbocycles. The van der Waals surface area contributed by atoms with Crippen LogP contribution < -0.4 is 0 Å². The minimum atomic E-state index is 0.0252. The number of rotatable bonds is 4. The van der Waals surface area contributed by atoms with Crippen molar-refractivity contribution < 1.29 is 4.79 Å². The summed E-state index contributed by atoms with van der Waals surface area (Å²) in [5.41, 5.74) is 4.31. The average molecular weight is 361 g/mol. The molecular weight excluding hydrogens is 338 g/mol. The molecule has 1 amide bonds. The summed E-state index contributed by atoms with van der Waals surface area (Å²) < 4.78 is 1.79. The van der Waals surface area contributed by atoms with Gasteiger partial charge in [0.15, 0.2) is 0 Å². The third kappa shape index (κ3) is 3.61. The second kappa shape index (κ2) is 7.32. The highest BCUT2D eigenvalue weighted by Gasteiger charge is 2.25. The summed E-state index contributed by atoms with van der Waals surface area (Å²) in [5.74, 6) is 0.0252. The number of amides is 1. The summed E-state index contributed by atoms with van der Waals surface area (Å²) in [5, 5.41) is 7.65. The molecule has 0 radical (unpaired) electrons. The molecule has 0 bridgehead atoms. The Morgan fingerprint density at radius 3 is 2.63 bits per heavy atom. The van der Waals surface area contributed by atoms with Crippen LogP contribution in [0.3, 0.4) is 0 Å². The van der Waals surface area contributed by atoms with Gasteiger partial charge in [-0.15, -0.1) is 10.2 Å². The lowest BCUT2D eigenvalue weighted by Crippen LogP contribution is -2.46. The molecule has 6 nitrogen and oxygen atoms in total.